The fourth-order valence-electron chi connectivity index (χ4n) is 1.19. The lowest BCUT2D eigenvalue weighted by atomic mass is 10.4. The minimum atomic E-state index is -6.09. The first-order chi connectivity index (χ1) is 6.46. The molecule has 1 aliphatic rings. The predicted molar refractivity (Wildman–Crippen MR) is 46.8 cm³/mol. The molecule has 0 bridgehead atoms. The lowest BCUT2D eigenvalue weighted by Gasteiger charge is -2.21. The highest BCUT2D eigenvalue weighted by molar-refractivity contribution is 7.86. The largest absolute Gasteiger partial charge is 0.741 e. The third kappa shape index (κ3) is 5.95. The number of rotatable bonds is 0. The van der Waals surface area contributed by atoms with Crippen LogP contribution < -0.4 is 0 Å². The highest BCUT2D eigenvalue weighted by Crippen LogP contribution is 2.20. The molecule has 0 unspecified atom stereocenters. The van der Waals surface area contributed by atoms with Crippen LogP contribution in [0.1, 0.15) is 12.8 Å². The van der Waals surface area contributed by atoms with Crippen LogP contribution in [0.2, 0.25) is 0 Å². The van der Waals surface area contributed by atoms with Crippen molar-refractivity contribution in [3.05, 3.63) is 0 Å². The van der Waals surface area contributed by atoms with Crippen molar-refractivity contribution in [1.29, 1.82) is 0 Å². The summed E-state index contributed by atoms with van der Waals surface area (Å²) in [5, 5.41) is 0. The van der Waals surface area contributed by atoms with Crippen LogP contribution in [0.5, 0.6) is 0 Å². The molecule has 0 spiro atoms. The number of halogens is 3. The highest BCUT2D eigenvalue weighted by atomic mass is 32.2. The minimum absolute atomic E-state index is 1.25. The first kappa shape index (κ1) is 14.7. The lowest BCUT2D eigenvalue weighted by molar-refractivity contribution is -0.877. The molecular formula is C7H14F3NO3S. The molecule has 1 rings (SSSR count). The van der Waals surface area contributed by atoms with Crippen molar-refractivity contribution in [3.63, 3.8) is 0 Å². The Morgan fingerprint density at radius 1 is 1.13 bits per heavy atom. The molecule has 8 heteroatoms. The fourth-order valence-corrected chi connectivity index (χ4v) is 1.19. The Labute approximate surface area is 87.0 Å². The van der Waals surface area contributed by atoms with E-state index in [2.05, 4.69) is 14.1 Å². The maximum Gasteiger partial charge on any atom is 0.485 e. The number of nitrogens with zero attached hydrogens (tertiary/aromatic N) is 1. The van der Waals surface area contributed by atoms with Crippen LogP contribution in [0.25, 0.3) is 0 Å². The summed E-state index contributed by atoms with van der Waals surface area (Å²) < 4.78 is 60.2. The average molecular weight is 249 g/mol. The third-order valence-corrected chi connectivity index (χ3v) is 2.63. The summed E-state index contributed by atoms with van der Waals surface area (Å²) in [4.78, 5) is 0. The smallest absolute Gasteiger partial charge is 0.485 e. The van der Waals surface area contributed by atoms with E-state index in [4.69, 9.17) is 13.0 Å². The van der Waals surface area contributed by atoms with E-state index in [1.807, 2.05) is 0 Å². The summed E-state index contributed by atoms with van der Waals surface area (Å²) in [5.41, 5.74) is -5.65. The van der Waals surface area contributed by atoms with Gasteiger partial charge in [-0.05, 0) is 0 Å². The van der Waals surface area contributed by atoms with Crippen molar-refractivity contribution >= 4 is 10.1 Å². The summed E-state index contributed by atoms with van der Waals surface area (Å²) >= 11 is 0. The topological polar surface area (TPSA) is 57.2 Å². The molecule has 1 saturated heterocycles. The van der Waals surface area contributed by atoms with E-state index in [1.54, 1.807) is 0 Å². The molecule has 1 fully saturated rings. The summed E-state index contributed by atoms with van der Waals surface area (Å²) in [6.45, 7) is 2.78. The zero-order valence-electron chi connectivity index (χ0n) is 8.54. The number of hydrogen-bond donors (Lipinski definition) is 0. The van der Waals surface area contributed by atoms with Crippen LogP contribution in [-0.4, -0.2) is 50.1 Å². The quantitative estimate of drug-likeness (QED) is 0.364. The maximum atomic E-state index is 10.7. The molecule has 0 aromatic carbocycles. The van der Waals surface area contributed by atoms with Crippen molar-refractivity contribution < 1.29 is 30.6 Å². The Hall–Kier alpha value is -0.340. The first-order valence-corrected chi connectivity index (χ1v) is 5.71. The number of hydrogen-bond acceptors (Lipinski definition) is 3. The molecular weight excluding hydrogens is 235 g/mol. The molecule has 0 atom stereocenters. The van der Waals surface area contributed by atoms with Crippen molar-refractivity contribution in [3.8, 4) is 0 Å². The molecule has 15 heavy (non-hydrogen) atoms. The number of likely N-dealkylation sites (tertiary alicyclic amines) is 1. The monoisotopic (exact) mass is 249 g/mol. The molecule has 0 aromatic rings. The van der Waals surface area contributed by atoms with Crippen LogP contribution in [0.3, 0.4) is 0 Å². The first-order valence-electron chi connectivity index (χ1n) is 4.30. The van der Waals surface area contributed by atoms with Crippen molar-refractivity contribution in [2.24, 2.45) is 0 Å². The zero-order valence-corrected chi connectivity index (χ0v) is 9.36. The van der Waals surface area contributed by atoms with Gasteiger partial charge in [-0.1, -0.05) is 0 Å². The molecule has 0 radical (unpaired) electrons. The van der Waals surface area contributed by atoms with E-state index in [0.717, 1.165) is 0 Å². The fraction of sp³-hybridized carbons (Fsp3) is 1.00. The molecule has 0 amide bonds. The molecule has 92 valence electrons. The van der Waals surface area contributed by atoms with Crippen LogP contribution in [0.4, 0.5) is 13.2 Å². The van der Waals surface area contributed by atoms with Crippen LogP contribution in [-0.2, 0) is 10.1 Å². The second kappa shape index (κ2) is 4.67. The van der Waals surface area contributed by atoms with Gasteiger partial charge in [0.25, 0.3) is 0 Å². The molecule has 0 aromatic heterocycles. The summed E-state index contributed by atoms with van der Waals surface area (Å²) in [7, 11) is -1.49. The van der Waals surface area contributed by atoms with Gasteiger partial charge in [-0.25, -0.2) is 8.42 Å². The second-order valence-corrected chi connectivity index (χ2v) is 5.36. The van der Waals surface area contributed by atoms with E-state index in [0.29, 0.717) is 0 Å². The Kier molecular flexibility index (Phi) is 4.56. The van der Waals surface area contributed by atoms with Gasteiger partial charge in [0, 0.05) is 12.8 Å². The van der Waals surface area contributed by atoms with Gasteiger partial charge < -0.3 is 9.04 Å². The Balaban J connectivity index is 0.000000262. The van der Waals surface area contributed by atoms with Gasteiger partial charge >= 0.3 is 5.51 Å². The van der Waals surface area contributed by atoms with E-state index < -0.39 is 15.6 Å². The van der Waals surface area contributed by atoms with Crippen LogP contribution in [0, 0.1) is 0 Å². The Morgan fingerprint density at radius 2 is 1.40 bits per heavy atom. The number of alkyl halides is 3. The molecule has 0 saturated carbocycles. The van der Waals surface area contributed by atoms with Gasteiger partial charge in [-0.3, -0.25) is 0 Å². The van der Waals surface area contributed by atoms with Gasteiger partial charge in [0.1, 0.15) is 0 Å². The molecule has 4 nitrogen and oxygen atoms in total. The van der Waals surface area contributed by atoms with Crippen molar-refractivity contribution in [2.45, 2.75) is 18.3 Å². The summed E-state index contributed by atoms with van der Waals surface area (Å²) in [5.74, 6) is 0. The van der Waals surface area contributed by atoms with Crippen LogP contribution >= 0.6 is 0 Å². The number of quaternary nitrogens is 1. The SMILES string of the molecule is C[N+]1(C)CCCC1.O=S(=O)([O-])C(F)(F)F. The highest BCUT2D eigenvalue weighted by Gasteiger charge is 2.36. The third-order valence-electron chi connectivity index (χ3n) is 2.06. The van der Waals surface area contributed by atoms with E-state index in [-0.39, 0.29) is 0 Å². The van der Waals surface area contributed by atoms with E-state index in [1.165, 1.54) is 30.4 Å². The minimum Gasteiger partial charge on any atom is -0.741 e. The summed E-state index contributed by atoms with van der Waals surface area (Å²) in [6.07, 6.45) is 2.88. The Morgan fingerprint density at radius 3 is 1.47 bits per heavy atom. The standard InChI is InChI=1S/C6H14N.CHF3O3S/c1-7(2)5-3-4-6-7;2-1(3,4)8(5,6)7/h3-6H2,1-2H3;(H,5,6,7)/q+1;/p-1. The van der Waals surface area contributed by atoms with Crippen molar-refractivity contribution in [2.75, 3.05) is 27.2 Å². The zero-order chi connectivity index (χ0) is 12.3. The Bertz CT molecular complexity index is 289. The van der Waals surface area contributed by atoms with Gasteiger partial charge in [-0.15, -0.1) is 0 Å². The molecule has 0 N–H and O–H groups in total. The lowest BCUT2D eigenvalue weighted by Crippen LogP contribution is -2.35. The van der Waals surface area contributed by atoms with E-state index >= 15 is 0 Å². The van der Waals surface area contributed by atoms with Gasteiger partial charge in [-0.2, -0.15) is 13.2 Å². The predicted octanol–water partition coefficient (Wildman–Crippen LogP) is 0.908. The van der Waals surface area contributed by atoms with Crippen molar-refractivity contribution in [1.82, 2.24) is 0 Å². The summed E-state index contributed by atoms with van der Waals surface area (Å²) in [6, 6.07) is 0. The van der Waals surface area contributed by atoms with Crippen LogP contribution in [0.15, 0.2) is 0 Å². The second-order valence-electron chi connectivity index (χ2n) is 3.99. The normalized spacial score (nSPS) is 20.7. The molecule has 0 aliphatic carbocycles. The van der Waals surface area contributed by atoms with E-state index in [9.17, 15) is 13.2 Å². The molecule has 1 heterocycles. The average Bonchev–Trinajstić information content (AvgIpc) is 2.30. The maximum absolute atomic E-state index is 10.7. The van der Waals surface area contributed by atoms with Gasteiger partial charge in [0.05, 0.1) is 27.2 Å². The molecule has 1 aliphatic heterocycles. The van der Waals surface area contributed by atoms with Gasteiger partial charge in [0.2, 0.25) is 0 Å². The van der Waals surface area contributed by atoms with Gasteiger partial charge in [0.15, 0.2) is 10.1 Å².